The summed E-state index contributed by atoms with van der Waals surface area (Å²) >= 11 is 1.70. The summed E-state index contributed by atoms with van der Waals surface area (Å²) in [6.07, 6.45) is 6.50. The molecule has 134 valence electrons. The zero-order valence-electron chi connectivity index (χ0n) is 14.6. The van der Waals surface area contributed by atoms with Gasteiger partial charge in [0.2, 0.25) is 11.8 Å². The summed E-state index contributed by atoms with van der Waals surface area (Å²) < 4.78 is 7.22. The Kier molecular flexibility index (Phi) is 6.94. The molecule has 0 unspecified atom stereocenters. The van der Waals surface area contributed by atoms with Crippen molar-refractivity contribution in [2.24, 2.45) is 0 Å². The van der Waals surface area contributed by atoms with E-state index in [9.17, 15) is 9.59 Å². The predicted octanol–water partition coefficient (Wildman–Crippen LogP) is 3.39. The van der Waals surface area contributed by atoms with Gasteiger partial charge in [-0.05, 0) is 48.8 Å². The van der Waals surface area contributed by atoms with Crippen LogP contribution in [0.3, 0.4) is 0 Å². The molecule has 0 saturated heterocycles. The lowest BCUT2D eigenvalue weighted by Gasteiger charge is -2.19. The zero-order valence-corrected chi connectivity index (χ0v) is 15.4. The summed E-state index contributed by atoms with van der Waals surface area (Å²) in [6, 6.07) is 8.63. The predicted molar refractivity (Wildman–Crippen MR) is 102 cm³/mol. The van der Waals surface area contributed by atoms with Crippen LogP contribution in [0.15, 0.2) is 42.7 Å². The van der Waals surface area contributed by atoms with Gasteiger partial charge in [0.1, 0.15) is 11.8 Å². The highest BCUT2D eigenvalue weighted by Crippen LogP contribution is 2.29. The van der Waals surface area contributed by atoms with Crippen molar-refractivity contribution < 1.29 is 14.3 Å². The standard InChI is InChI=1S/C18H23N3O3S/c1-13(22)19-14-6-7-17(24-2)15(12-14)20-18(23)16(8-11-25-3)21-9-4-5-10-21/h4-7,9-10,12,16H,8,11H2,1-3H3,(H,19,22)(H,20,23)/t16-/m1/s1. The van der Waals surface area contributed by atoms with E-state index in [1.54, 1.807) is 37.1 Å². The van der Waals surface area contributed by atoms with Crippen LogP contribution in [0.5, 0.6) is 5.75 Å². The molecule has 2 rings (SSSR count). The number of rotatable bonds is 8. The van der Waals surface area contributed by atoms with Crippen molar-refractivity contribution in [3.05, 3.63) is 42.7 Å². The molecular weight excluding hydrogens is 338 g/mol. The normalized spacial score (nSPS) is 11.6. The number of ether oxygens (including phenoxy) is 1. The number of hydrogen-bond donors (Lipinski definition) is 2. The van der Waals surface area contributed by atoms with Crippen LogP contribution in [0.25, 0.3) is 0 Å². The number of thioether (sulfide) groups is 1. The average Bonchev–Trinajstić information content (AvgIpc) is 3.09. The van der Waals surface area contributed by atoms with Crippen LogP contribution in [0.4, 0.5) is 11.4 Å². The van der Waals surface area contributed by atoms with Crippen LogP contribution in [0, 0.1) is 0 Å². The van der Waals surface area contributed by atoms with E-state index in [0.717, 1.165) is 12.2 Å². The van der Waals surface area contributed by atoms with Crippen LogP contribution in [-0.2, 0) is 9.59 Å². The van der Waals surface area contributed by atoms with Gasteiger partial charge in [0, 0.05) is 25.0 Å². The van der Waals surface area contributed by atoms with E-state index in [0.29, 0.717) is 17.1 Å². The van der Waals surface area contributed by atoms with E-state index < -0.39 is 0 Å². The zero-order chi connectivity index (χ0) is 18.2. The van der Waals surface area contributed by atoms with Crippen molar-refractivity contribution in [2.45, 2.75) is 19.4 Å². The Hall–Kier alpha value is -2.41. The van der Waals surface area contributed by atoms with E-state index >= 15 is 0 Å². The summed E-state index contributed by atoms with van der Waals surface area (Å²) in [7, 11) is 1.54. The second kappa shape index (κ2) is 9.17. The van der Waals surface area contributed by atoms with Gasteiger partial charge in [-0.25, -0.2) is 0 Å². The fourth-order valence-corrected chi connectivity index (χ4v) is 2.96. The first kappa shape index (κ1) is 18.9. The van der Waals surface area contributed by atoms with E-state index in [1.807, 2.05) is 35.3 Å². The number of aromatic nitrogens is 1. The third kappa shape index (κ3) is 5.29. The lowest BCUT2D eigenvalue weighted by atomic mass is 10.2. The fraction of sp³-hybridized carbons (Fsp3) is 0.333. The minimum atomic E-state index is -0.309. The fourth-order valence-electron chi connectivity index (χ4n) is 2.50. The number of carbonyl (C=O) groups excluding carboxylic acids is 2. The highest BCUT2D eigenvalue weighted by molar-refractivity contribution is 7.98. The second-order valence-corrected chi connectivity index (χ2v) is 6.50. The van der Waals surface area contributed by atoms with E-state index in [2.05, 4.69) is 10.6 Å². The molecule has 1 atom stereocenters. The third-order valence-electron chi connectivity index (χ3n) is 3.66. The third-order valence-corrected chi connectivity index (χ3v) is 4.31. The molecule has 0 saturated carbocycles. The average molecular weight is 361 g/mol. The molecule has 0 aliphatic heterocycles. The molecule has 0 fully saturated rings. The molecule has 2 amide bonds. The minimum Gasteiger partial charge on any atom is -0.495 e. The van der Waals surface area contributed by atoms with E-state index in [1.165, 1.54) is 6.92 Å². The van der Waals surface area contributed by atoms with Crippen molar-refractivity contribution in [3.63, 3.8) is 0 Å². The lowest BCUT2D eigenvalue weighted by Crippen LogP contribution is -2.26. The Morgan fingerprint density at radius 3 is 2.56 bits per heavy atom. The molecular formula is C18H23N3O3S. The number of nitrogens with one attached hydrogen (secondary N) is 2. The van der Waals surface area contributed by atoms with Gasteiger partial charge in [-0.1, -0.05) is 0 Å². The number of methoxy groups -OCH3 is 1. The maximum absolute atomic E-state index is 12.8. The largest absolute Gasteiger partial charge is 0.495 e. The monoisotopic (exact) mass is 361 g/mol. The van der Waals surface area contributed by atoms with Crippen molar-refractivity contribution in [1.82, 2.24) is 4.57 Å². The number of nitrogens with zero attached hydrogens (tertiary/aromatic N) is 1. The second-order valence-electron chi connectivity index (χ2n) is 5.51. The summed E-state index contributed by atoms with van der Waals surface area (Å²) in [5, 5.41) is 5.63. The first-order valence-electron chi connectivity index (χ1n) is 7.93. The van der Waals surface area contributed by atoms with Crippen molar-refractivity contribution in [1.29, 1.82) is 0 Å². The summed E-state index contributed by atoms with van der Waals surface area (Å²) in [4.78, 5) is 24.1. The molecule has 6 nitrogen and oxygen atoms in total. The van der Waals surface area contributed by atoms with Crippen LogP contribution >= 0.6 is 11.8 Å². The topological polar surface area (TPSA) is 72.4 Å². The number of carbonyl (C=O) groups is 2. The molecule has 2 aromatic rings. The maximum atomic E-state index is 12.8. The van der Waals surface area contributed by atoms with Crippen LogP contribution in [0.1, 0.15) is 19.4 Å². The molecule has 7 heteroatoms. The molecule has 25 heavy (non-hydrogen) atoms. The Balaban J connectivity index is 2.22. The van der Waals surface area contributed by atoms with Crippen molar-refractivity contribution in [2.75, 3.05) is 29.8 Å². The number of benzene rings is 1. The molecule has 0 aliphatic carbocycles. The number of hydrogen-bond acceptors (Lipinski definition) is 4. The minimum absolute atomic E-state index is 0.122. The molecule has 2 N–H and O–H groups in total. The molecule has 1 heterocycles. The first-order chi connectivity index (χ1) is 12.0. The van der Waals surface area contributed by atoms with Crippen LogP contribution in [0.2, 0.25) is 0 Å². The van der Waals surface area contributed by atoms with Gasteiger partial charge in [0.05, 0.1) is 12.8 Å². The molecule has 1 aromatic carbocycles. The smallest absolute Gasteiger partial charge is 0.247 e. The van der Waals surface area contributed by atoms with Gasteiger partial charge < -0.3 is 19.9 Å². The van der Waals surface area contributed by atoms with Gasteiger partial charge >= 0.3 is 0 Å². The van der Waals surface area contributed by atoms with Crippen molar-refractivity contribution in [3.8, 4) is 5.75 Å². The highest BCUT2D eigenvalue weighted by atomic mass is 32.2. The molecule has 1 aromatic heterocycles. The van der Waals surface area contributed by atoms with Gasteiger partial charge in [-0.3, -0.25) is 9.59 Å². The van der Waals surface area contributed by atoms with Crippen LogP contribution < -0.4 is 15.4 Å². The SMILES string of the molecule is COc1ccc(NC(C)=O)cc1NC(=O)[C@@H](CCSC)n1cccc1. The highest BCUT2D eigenvalue weighted by Gasteiger charge is 2.20. The molecule has 0 spiro atoms. The van der Waals surface area contributed by atoms with Gasteiger partial charge in [0.15, 0.2) is 0 Å². The lowest BCUT2D eigenvalue weighted by molar-refractivity contribution is -0.119. The Morgan fingerprint density at radius 2 is 1.96 bits per heavy atom. The maximum Gasteiger partial charge on any atom is 0.247 e. The summed E-state index contributed by atoms with van der Waals surface area (Å²) in [6.45, 7) is 1.44. The van der Waals surface area contributed by atoms with E-state index in [4.69, 9.17) is 4.74 Å². The molecule has 0 radical (unpaired) electrons. The van der Waals surface area contributed by atoms with Gasteiger partial charge in [-0.15, -0.1) is 0 Å². The number of anilines is 2. The van der Waals surface area contributed by atoms with Gasteiger partial charge in [0.25, 0.3) is 0 Å². The van der Waals surface area contributed by atoms with Crippen LogP contribution in [-0.4, -0.2) is 35.5 Å². The Morgan fingerprint density at radius 1 is 1.24 bits per heavy atom. The first-order valence-corrected chi connectivity index (χ1v) is 9.32. The number of amides is 2. The summed E-state index contributed by atoms with van der Waals surface area (Å²) in [5.74, 6) is 1.12. The Labute approximate surface area is 151 Å². The van der Waals surface area contributed by atoms with Crippen molar-refractivity contribution >= 4 is 35.0 Å². The Bertz CT molecular complexity index is 716. The quantitative estimate of drug-likeness (QED) is 0.756. The molecule has 0 aliphatic rings. The summed E-state index contributed by atoms with van der Waals surface area (Å²) in [5.41, 5.74) is 1.13. The molecule has 0 bridgehead atoms. The van der Waals surface area contributed by atoms with Gasteiger partial charge in [-0.2, -0.15) is 11.8 Å². The van der Waals surface area contributed by atoms with E-state index in [-0.39, 0.29) is 17.9 Å².